The zero-order valence-electron chi connectivity index (χ0n) is 9.66. The fraction of sp³-hybridized carbons (Fsp3) is 0.417. The van der Waals surface area contributed by atoms with Gasteiger partial charge in [0, 0.05) is 5.56 Å². The summed E-state index contributed by atoms with van der Waals surface area (Å²) >= 11 is 5.44. The monoisotopic (exact) mass is 241 g/mol. The van der Waals surface area contributed by atoms with E-state index in [4.69, 9.17) is 11.6 Å². The maximum atomic E-state index is 11.1. The standard InChI is InChI=1S/C12H17ClN2O/c1-15(2)11(9-14-12(16)8-13)10-6-4-3-5-7-10/h3-7,11H,8-9H2,1-2H3,(H,14,16)/p+1/t11-/m1/s1. The SMILES string of the molecule is C[NH+](C)[C@H](CNC(=O)CCl)c1ccccc1. The molecule has 0 fully saturated rings. The lowest BCUT2D eigenvalue weighted by Gasteiger charge is -2.21. The Hall–Kier alpha value is -1.06. The number of nitrogens with one attached hydrogen (secondary N) is 2. The average molecular weight is 242 g/mol. The van der Waals surface area contributed by atoms with Gasteiger partial charge in [-0.3, -0.25) is 4.79 Å². The van der Waals surface area contributed by atoms with Crippen LogP contribution >= 0.6 is 11.6 Å². The predicted octanol–water partition coefficient (Wildman–Crippen LogP) is 0.227. The van der Waals surface area contributed by atoms with Crippen LogP contribution in [0.4, 0.5) is 0 Å². The van der Waals surface area contributed by atoms with Gasteiger partial charge in [-0.15, -0.1) is 11.6 Å². The van der Waals surface area contributed by atoms with Gasteiger partial charge in [0.05, 0.1) is 20.6 Å². The van der Waals surface area contributed by atoms with Gasteiger partial charge in [-0.2, -0.15) is 0 Å². The zero-order valence-corrected chi connectivity index (χ0v) is 10.4. The van der Waals surface area contributed by atoms with Gasteiger partial charge in [0.15, 0.2) is 0 Å². The number of amides is 1. The van der Waals surface area contributed by atoms with E-state index in [1.54, 1.807) is 0 Å². The van der Waals surface area contributed by atoms with Crippen molar-refractivity contribution >= 4 is 17.5 Å². The molecule has 2 N–H and O–H groups in total. The molecule has 16 heavy (non-hydrogen) atoms. The maximum absolute atomic E-state index is 11.1. The molecule has 0 bridgehead atoms. The molecule has 4 heteroatoms. The summed E-state index contributed by atoms with van der Waals surface area (Å²) in [6.45, 7) is 0.609. The van der Waals surface area contributed by atoms with Crippen molar-refractivity contribution < 1.29 is 9.69 Å². The predicted molar refractivity (Wildman–Crippen MR) is 65.7 cm³/mol. The van der Waals surface area contributed by atoms with Gasteiger partial charge in [-0.1, -0.05) is 30.3 Å². The van der Waals surface area contributed by atoms with E-state index in [9.17, 15) is 4.79 Å². The molecular formula is C12H18ClN2O+. The minimum Gasteiger partial charge on any atom is -0.349 e. The summed E-state index contributed by atoms with van der Waals surface area (Å²) in [4.78, 5) is 12.4. The summed E-state index contributed by atoms with van der Waals surface area (Å²) in [7, 11) is 4.15. The van der Waals surface area contributed by atoms with Gasteiger partial charge >= 0.3 is 0 Å². The van der Waals surface area contributed by atoms with Crippen LogP contribution in [0.1, 0.15) is 11.6 Å². The lowest BCUT2D eigenvalue weighted by atomic mass is 10.1. The molecule has 0 saturated carbocycles. The van der Waals surface area contributed by atoms with Crippen molar-refractivity contribution in [3.8, 4) is 0 Å². The molecule has 0 aliphatic carbocycles. The minimum absolute atomic E-state index is 0.0181. The Kier molecular flexibility index (Phi) is 5.29. The second kappa shape index (κ2) is 6.51. The number of halogens is 1. The number of hydrogen-bond acceptors (Lipinski definition) is 1. The Morgan fingerprint density at radius 2 is 2.00 bits per heavy atom. The Labute approximate surface area is 101 Å². The quantitative estimate of drug-likeness (QED) is 0.711. The van der Waals surface area contributed by atoms with E-state index in [2.05, 4.69) is 31.5 Å². The fourth-order valence-electron chi connectivity index (χ4n) is 1.60. The van der Waals surface area contributed by atoms with Crippen LogP contribution in [0.15, 0.2) is 30.3 Å². The van der Waals surface area contributed by atoms with Gasteiger partial charge in [-0.25, -0.2) is 0 Å². The molecule has 1 amide bonds. The van der Waals surface area contributed by atoms with E-state index in [1.165, 1.54) is 10.5 Å². The molecule has 88 valence electrons. The lowest BCUT2D eigenvalue weighted by Crippen LogP contribution is -3.07. The molecule has 0 heterocycles. The average Bonchev–Trinajstić information content (AvgIpc) is 2.30. The molecule has 3 nitrogen and oxygen atoms in total. The van der Waals surface area contributed by atoms with Gasteiger partial charge in [0.25, 0.3) is 0 Å². The van der Waals surface area contributed by atoms with Crippen LogP contribution in [-0.4, -0.2) is 32.4 Å². The molecule has 1 rings (SSSR count). The molecule has 0 aromatic heterocycles. The first-order valence-electron chi connectivity index (χ1n) is 5.32. The van der Waals surface area contributed by atoms with E-state index in [-0.39, 0.29) is 17.8 Å². The minimum atomic E-state index is -0.121. The van der Waals surface area contributed by atoms with Crippen LogP contribution in [0.2, 0.25) is 0 Å². The van der Waals surface area contributed by atoms with Crippen molar-refractivity contribution in [2.24, 2.45) is 0 Å². The summed E-state index contributed by atoms with van der Waals surface area (Å²) in [5, 5.41) is 2.82. The summed E-state index contributed by atoms with van der Waals surface area (Å²) < 4.78 is 0. The van der Waals surface area contributed by atoms with Gasteiger partial charge in [-0.05, 0) is 0 Å². The van der Waals surface area contributed by atoms with Crippen LogP contribution < -0.4 is 10.2 Å². The number of hydrogen-bond donors (Lipinski definition) is 2. The van der Waals surface area contributed by atoms with Crippen LogP contribution in [0.5, 0.6) is 0 Å². The van der Waals surface area contributed by atoms with E-state index in [0.717, 1.165) is 0 Å². The molecular weight excluding hydrogens is 224 g/mol. The highest BCUT2D eigenvalue weighted by Crippen LogP contribution is 2.07. The van der Waals surface area contributed by atoms with E-state index in [1.807, 2.05) is 18.2 Å². The van der Waals surface area contributed by atoms with Gasteiger partial charge in [0.2, 0.25) is 5.91 Å². The Bertz CT molecular complexity index is 327. The van der Waals surface area contributed by atoms with Gasteiger partial charge < -0.3 is 10.2 Å². The molecule has 0 aliphatic rings. The first kappa shape index (κ1) is 13.0. The van der Waals surface area contributed by atoms with Crippen LogP contribution in [-0.2, 0) is 4.79 Å². The Morgan fingerprint density at radius 3 is 2.50 bits per heavy atom. The second-order valence-electron chi connectivity index (χ2n) is 3.98. The topological polar surface area (TPSA) is 33.5 Å². The number of quaternary nitrogens is 1. The number of rotatable bonds is 5. The fourth-order valence-corrected chi connectivity index (χ4v) is 1.70. The van der Waals surface area contributed by atoms with E-state index < -0.39 is 0 Å². The van der Waals surface area contributed by atoms with E-state index in [0.29, 0.717) is 6.54 Å². The third-order valence-corrected chi connectivity index (χ3v) is 2.77. The molecule has 0 aliphatic heterocycles. The lowest BCUT2D eigenvalue weighted by molar-refractivity contribution is -0.890. The van der Waals surface area contributed by atoms with Crippen molar-refractivity contribution in [2.45, 2.75) is 6.04 Å². The maximum Gasteiger partial charge on any atom is 0.235 e. The first-order chi connectivity index (χ1) is 7.65. The third-order valence-electron chi connectivity index (χ3n) is 2.52. The molecule has 1 aromatic rings. The summed E-state index contributed by atoms with van der Waals surface area (Å²) in [6.07, 6.45) is 0. The van der Waals surface area contributed by atoms with E-state index >= 15 is 0 Å². The molecule has 0 radical (unpaired) electrons. The number of alkyl halides is 1. The second-order valence-corrected chi connectivity index (χ2v) is 4.25. The Balaban J connectivity index is 2.66. The van der Waals surface area contributed by atoms with Crippen molar-refractivity contribution in [1.82, 2.24) is 5.32 Å². The van der Waals surface area contributed by atoms with Crippen LogP contribution in [0, 0.1) is 0 Å². The zero-order chi connectivity index (χ0) is 12.0. The van der Waals surface area contributed by atoms with Crippen LogP contribution in [0.3, 0.4) is 0 Å². The number of carbonyl (C=O) groups excluding carboxylic acids is 1. The first-order valence-corrected chi connectivity index (χ1v) is 5.86. The number of carbonyl (C=O) groups is 1. The largest absolute Gasteiger partial charge is 0.349 e. The van der Waals surface area contributed by atoms with Crippen molar-refractivity contribution in [2.75, 3.05) is 26.5 Å². The normalized spacial score (nSPS) is 12.5. The summed E-state index contributed by atoms with van der Waals surface area (Å²) in [5.41, 5.74) is 1.22. The van der Waals surface area contributed by atoms with Crippen molar-refractivity contribution in [1.29, 1.82) is 0 Å². The highest BCUT2D eigenvalue weighted by molar-refractivity contribution is 6.27. The molecule has 0 unspecified atom stereocenters. The molecule has 0 saturated heterocycles. The van der Waals surface area contributed by atoms with Gasteiger partial charge in [0.1, 0.15) is 11.9 Å². The summed E-state index contributed by atoms with van der Waals surface area (Å²) in [5.74, 6) is -0.103. The highest BCUT2D eigenvalue weighted by Gasteiger charge is 2.17. The van der Waals surface area contributed by atoms with Crippen molar-refractivity contribution in [3.63, 3.8) is 0 Å². The van der Waals surface area contributed by atoms with Crippen molar-refractivity contribution in [3.05, 3.63) is 35.9 Å². The number of likely N-dealkylation sites (N-methyl/N-ethyl adjacent to an activating group) is 1. The number of benzene rings is 1. The molecule has 0 spiro atoms. The molecule has 1 aromatic carbocycles. The smallest absolute Gasteiger partial charge is 0.235 e. The van der Waals surface area contributed by atoms with Crippen LogP contribution in [0.25, 0.3) is 0 Å². The Morgan fingerprint density at radius 1 is 1.38 bits per heavy atom. The molecule has 1 atom stereocenters. The summed E-state index contributed by atoms with van der Waals surface area (Å²) in [6, 6.07) is 10.4. The highest BCUT2D eigenvalue weighted by atomic mass is 35.5. The third kappa shape index (κ3) is 3.83.